The number of carbonyl (C=O) groups is 1. The summed E-state index contributed by atoms with van der Waals surface area (Å²) >= 11 is 0. The summed E-state index contributed by atoms with van der Waals surface area (Å²) in [6.45, 7) is 0.669. The standard InChI is InChI=1S/C9H17NO5S/c1-10(7-9(11)14-2)16(12,13)8-3-5-15-6-4-8/h8H,3-7H2,1-2H3. The molecule has 0 aromatic carbocycles. The van der Waals surface area contributed by atoms with E-state index in [1.165, 1.54) is 14.2 Å². The Morgan fingerprint density at radius 3 is 2.50 bits per heavy atom. The van der Waals surface area contributed by atoms with Crippen LogP contribution in [0.4, 0.5) is 0 Å². The maximum atomic E-state index is 12.0. The number of carbonyl (C=O) groups excluding carboxylic acids is 1. The lowest BCUT2D eigenvalue weighted by atomic mass is 10.2. The second kappa shape index (κ2) is 5.60. The molecule has 94 valence electrons. The van der Waals surface area contributed by atoms with E-state index in [4.69, 9.17) is 4.74 Å². The third-order valence-corrected chi connectivity index (χ3v) is 4.92. The average Bonchev–Trinajstić information content (AvgIpc) is 2.29. The fourth-order valence-electron chi connectivity index (χ4n) is 1.56. The van der Waals surface area contributed by atoms with E-state index in [1.54, 1.807) is 0 Å². The van der Waals surface area contributed by atoms with Gasteiger partial charge in [-0.2, -0.15) is 4.31 Å². The van der Waals surface area contributed by atoms with Crippen LogP contribution in [0.2, 0.25) is 0 Å². The zero-order valence-electron chi connectivity index (χ0n) is 9.51. The molecule has 0 atom stereocenters. The van der Waals surface area contributed by atoms with Gasteiger partial charge in [-0.1, -0.05) is 0 Å². The van der Waals surface area contributed by atoms with Crippen LogP contribution < -0.4 is 0 Å². The zero-order chi connectivity index (χ0) is 12.2. The quantitative estimate of drug-likeness (QED) is 0.636. The topological polar surface area (TPSA) is 72.9 Å². The van der Waals surface area contributed by atoms with Gasteiger partial charge in [0.25, 0.3) is 0 Å². The summed E-state index contributed by atoms with van der Waals surface area (Å²) < 4.78 is 34.6. The van der Waals surface area contributed by atoms with Gasteiger partial charge in [0.15, 0.2) is 0 Å². The van der Waals surface area contributed by atoms with Crippen molar-refractivity contribution in [3.8, 4) is 0 Å². The van der Waals surface area contributed by atoms with Crippen molar-refractivity contribution < 1.29 is 22.7 Å². The number of sulfonamides is 1. The monoisotopic (exact) mass is 251 g/mol. The lowest BCUT2D eigenvalue weighted by Crippen LogP contribution is -2.41. The summed E-state index contributed by atoms with van der Waals surface area (Å²) in [7, 11) is -0.791. The minimum absolute atomic E-state index is 0.240. The zero-order valence-corrected chi connectivity index (χ0v) is 10.3. The Bertz CT molecular complexity index is 334. The van der Waals surface area contributed by atoms with Crippen molar-refractivity contribution in [1.82, 2.24) is 4.31 Å². The van der Waals surface area contributed by atoms with Crippen LogP contribution in [0.3, 0.4) is 0 Å². The number of ether oxygens (including phenoxy) is 2. The van der Waals surface area contributed by atoms with Gasteiger partial charge in [0.2, 0.25) is 10.0 Å². The number of esters is 1. The molecular formula is C9H17NO5S. The van der Waals surface area contributed by atoms with Gasteiger partial charge in [-0.3, -0.25) is 4.79 Å². The fraction of sp³-hybridized carbons (Fsp3) is 0.889. The van der Waals surface area contributed by atoms with E-state index in [2.05, 4.69) is 4.74 Å². The molecular weight excluding hydrogens is 234 g/mol. The molecule has 1 saturated heterocycles. The average molecular weight is 251 g/mol. The highest BCUT2D eigenvalue weighted by atomic mass is 32.2. The molecule has 0 aromatic heterocycles. The predicted octanol–water partition coefficient (Wildman–Crippen LogP) is -0.400. The van der Waals surface area contributed by atoms with Gasteiger partial charge in [-0.25, -0.2) is 8.42 Å². The van der Waals surface area contributed by atoms with Gasteiger partial charge >= 0.3 is 5.97 Å². The molecule has 0 spiro atoms. The van der Waals surface area contributed by atoms with Crippen molar-refractivity contribution in [3.05, 3.63) is 0 Å². The molecule has 7 heteroatoms. The molecule has 0 N–H and O–H groups in total. The lowest BCUT2D eigenvalue weighted by Gasteiger charge is -2.26. The molecule has 0 unspecified atom stereocenters. The minimum Gasteiger partial charge on any atom is -0.468 e. The number of hydrogen-bond acceptors (Lipinski definition) is 5. The Labute approximate surface area is 95.6 Å². The molecule has 6 nitrogen and oxygen atoms in total. The first kappa shape index (κ1) is 13.4. The normalized spacial score (nSPS) is 18.7. The first-order valence-electron chi connectivity index (χ1n) is 5.08. The largest absolute Gasteiger partial charge is 0.468 e. The predicted molar refractivity (Wildman–Crippen MR) is 57.4 cm³/mol. The molecule has 16 heavy (non-hydrogen) atoms. The second-order valence-electron chi connectivity index (χ2n) is 3.69. The van der Waals surface area contributed by atoms with Crippen molar-refractivity contribution in [3.63, 3.8) is 0 Å². The van der Waals surface area contributed by atoms with Crippen LogP contribution in [0.25, 0.3) is 0 Å². The van der Waals surface area contributed by atoms with Crippen LogP contribution >= 0.6 is 0 Å². The summed E-state index contributed by atoms with van der Waals surface area (Å²) in [5.41, 5.74) is 0. The number of nitrogens with zero attached hydrogens (tertiary/aromatic N) is 1. The summed E-state index contributed by atoms with van der Waals surface area (Å²) in [4.78, 5) is 11.0. The molecule has 1 aliphatic heterocycles. The maximum absolute atomic E-state index is 12.0. The van der Waals surface area contributed by atoms with Gasteiger partial charge in [-0.05, 0) is 12.8 Å². The summed E-state index contributed by atoms with van der Waals surface area (Å²) in [5, 5.41) is -0.448. The number of methoxy groups -OCH3 is 1. The van der Waals surface area contributed by atoms with Crippen LogP contribution in [0, 0.1) is 0 Å². The molecule has 1 heterocycles. The summed E-state index contributed by atoms with van der Waals surface area (Å²) in [6, 6.07) is 0. The molecule has 0 radical (unpaired) electrons. The second-order valence-corrected chi connectivity index (χ2v) is 6.01. The highest BCUT2D eigenvalue weighted by Gasteiger charge is 2.32. The van der Waals surface area contributed by atoms with Crippen molar-refractivity contribution in [2.75, 3.05) is 33.9 Å². The third-order valence-electron chi connectivity index (χ3n) is 2.60. The summed E-state index contributed by atoms with van der Waals surface area (Å²) in [6.07, 6.45) is 0.960. The van der Waals surface area contributed by atoms with E-state index in [9.17, 15) is 13.2 Å². The number of rotatable bonds is 4. The van der Waals surface area contributed by atoms with E-state index < -0.39 is 21.2 Å². The first-order chi connectivity index (χ1) is 7.48. The van der Waals surface area contributed by atoms with E-state index in [0.29, 0.717) is 26.1 Å². The van der Waals surface area contributed by atoms with E-state index in [-0.39, 0.29) is 6.54 Å². The highest BCUT2D eigenvalue weighted by molar-refractivity contribution is 7.89. The van der Waals surface area contributed by atoms with Gasteiger partial charge in [0.05, 0.1) is 12.4 Å². The van der Waals surface area contributed by atoms with Crippen molar-refractivity contribution in [2.24, 2.45) is 0 Å². The van der Waals surface area contributed by atoms with Gasteiger partial charge < -0.3 is 9.47 Å². The first-order valence-corrected chi connectivity index (χ1v) is 6.58. The Morgan fingerprint density at radius 1 is 1.44 bits per heavy atom. The van der Waals surface area contributed by atoms with Crippen LogP contribution in [-0.4, -0.2) is 57.9 Å². The Morgan fingerprint density at radius 2 is 2.00 bits per heavy atom. The Hall–Kier alpha value is -0.660. The van der Waals surface area contributed by atoms with Crippen LogP contribution in [0.1, 0.15) is 12.8 Å². The van der Waals surface area contributed by atoms with E-state index >= 15 is 0 Å². The van der Waals surface area contributed by atoms with Gasteiger partial charge in [-0.15, -0.1) is 0 Å². The molecule has 0 aromatic rings. The van der Waals surface area contributed by atoms with E-state index in [0.717, 1.165) is 4.31 Å². The Kier molecular flexibility index (Phi) is 4.69. The molecule has 0 amide bonds. The SMILES string of the molecule is COC(=O)CN(C)S(=O)(=O)C1CCOCC1. The minimum atomic E-state index is -3.41. The lowest BCUT2D eigenvalue weighted by molar-refractivity contribution is -0.140. The van der Waals surface area contributed by atoms with Crippen LogP contribution in [0.5, 0.6) is 0 Å². The van der Waals surface area contributed by atoms with Gasteiger partial charge in [0.1, 0.15) is 6.54 Å². The molecule has 0 aliphatic carbocycles. The molecule has 1 fully saturated rings. The molecule has 1 aliphatic rings. The van der Waals surface area contributed by atoms with E-state index in [1.807, 2.05) is 0 Å². The molecule has 0 saturated carbocycles. The molecule has 0 bridgehead atoms. The van der Waals surface area contributed by atoms with Crippen LogP contribution in [-0.2, 0) is 24.3 Å². The van der Waals surface area contributed by atoms with Crippen molar-refractivity contribution in [2.45, 2.75) is 18.1 Å². The van der Waals surface area contributed by atoms with Crippen LogP contribution in [0.15, 0.2) is 0 Å². The fourth-order valence-corrected chi connectivity index (χ4v) is 3.15. The maximum Gasteiger partial charge on any atom is 0.320 e. The smallest absolute Gasteiger partial charge is 0.320 e. The van der Waals surface area contributed by atoms with Gasteiger partial charge in [0, 0.05) is 20.3 Å². The summed E-state index contributed by atoms with van der Waals surface area (Å²) in [5.74, 6) is -0.557. The number of hydrogen-bond donors (Lipinski definition) is 0. The number of likely N-dealkylation sites (N-methyl/N-ethyl adjacent to an activating group) is 1. The Balaban J connectivity index is 2.64. The van der Waals surface area contributed by atoms with Crippen molar-refractivity contribution in [1.29, 1.82) is 0 Å². The molecule has 1 rings (SSSR count). The highest BCUT2D eigenvalue weighted by Crippen LogP contribution is 2.18. The third kappa shape index (κ3) is 3.16. The van der Waals surface area contributed by atoms with Crippen molar-refractivity contribution >= 4 is 16.0 Å².